The van der Waals surface area contributed by atoms with Crippen LogP contribution in [-0.4, -0.2) is 42.2 Å². The van der Waals surface area contributed by atoms with Crippen molar-refractivity contribution in [1.82, 2.24) is 0 Å². The number of ketones is 1. The second kappa shape index (κ2) is 7.67. The molecule has 0 aliphatic carbocycles. The molecule has 0 bridgehead atoms. The number of Topliss-reactive ketones (excluding diaryl/α,β-unsaturated/α-hetero) is 1. The van der Waals surface area contributed by atoms with E-state index in [2.05, 4.69) is 10.6 Å². The molecule has 8 heteroatoms. The number of hydrogen-bond acceptors (Lipinski definition) is 6. The molecule has 0 saturated carbocycles. The van der Waals surface area contributed by atoms with Crippen molar-refractivity contribution in [3.8, 4) is 5.75 Å². The third-order valence-electron chi connectivity index (χ3n) is 2.79. The lowest BCUT2D eigenvalue weighted by Gasteiger charge is -2.21. The summed E-state index contributed by atoms with van der Waals surface area (Å²) in [7, 11) is 1.35. The van der Waals surface area contributed by atoms with E-state index in [1.54, 1.807) is 27.7 Å². The van der Waals surface area contributed by atoms with Gasteiger partial charge < -0.3 is 19.9 Å². The van der Waals surface area contributed by atoms with E-state index in [4.69, 9.17) is 14.6 Å². The summed E-state index contributed by atoms with van der Waals surface area (Å²) in [6.45, 7) is 7.38. The number of anilines is 2. The highest BCUT2D eigenvalue weighted by Gasteiger charge is 2.25. The van der Waals surface area contributed by atoms with E-state index in [0.717, 1.165) is 0 Å². The van der Waals surface area contributed by atoms with Crippen LogP contribution in [0, 0.1) is 0 Å². The highest BCUT2D eigenvalue weighted by molar-refractivity contribution is 6.41. The van der Waals surface area contributed by atoms with Gasteiger partial charge in [-0.1, -0.05) is 0 Å². The van der Waals surface area contributed by atoms with Gasteiger partial charge in [-0.3, -0.25) is 10.1 Å². The minimum Gasteiger partial charge on any atom is -0.492 e. The summed E-state index contributed by atoms with van der Waals surface area (Å²) < 4.78 is 10.4. The number of carbonyl (C=O) groups is 3. The number of ether oxygens (including phenoxy) is 2. The van der Waals surface area contributed by atoms with Gasteiger partial charge in [0.1, 0.15) is 5.60 Å². The Hall–Kier alpha value is -2.77. The summed E-state index contributed by atoms with van der Waals surface area (Å²) in [5.41, 5.74) is -0.289. The van der Waals surface area contributed by atoms with E-state index in [1.165, 1.54) is 19.2 Å². The molecule has 8 nitrogen and oxygen atoms in total. The minimum absolute atomic E-state index is 0.0593. The largest absolute Gasteiger partial charge is 0.492 e. The normalized spacial score (nSPS) is 10.7. The number of rotatable bonds is 6. The van der Waals surface area contributed by atoms with Gasteiger partial charge in [-0.05, 0) is 39.8 Å². The van der Waals surface area contributed by atoms with Crippen LogP contribution >= 0.6 is 0 Å². The van der Waals surface area contributed by atoms with Crippen molar-refractivity contribution in [2.24, 2.45) is 0 Å². The Balaban J connectivity index is 3.28. The maximum atomic E-state index is 11.9. The van der Waals surface area contributed by atoms with Crippen molar-refractivity contribution >= 4 is 29.2 Å². The fourth-order valence-electron chi connectivity index (χ4n) is 1.96. The van der Waals surface area contributed by atoms with Crippen molar-refractivity contribution in [2.75, 3.05) is 24.3 Å². The maximum absolute atomic E-state index is 11.9. The first kappa shape index (κ1) is 19.3. The van der Waals surface area contributed by atoms with Crippen LogP contribution in [0.25, 0.3) is 0 Å². The Kier molecular flexibility index (Phi) is 6.16. The Morgan fingerprint density at radius 2 is 1.83 bits per heavy atom. The summed E-state index contributed by atoms with van der Waals surface area (Å²) >= 11 is 0. The van der Waals surface area contributed by atoms with Crippen LogP contribution in [0.1, 0.15) is 38.1 Å². The van der Waals surface area contributed by atoms with E-state index in [0.29, 0.717) is 6.54 Å². The molecule has 0 aliphatic rings. The maximum Gasteiger partial charge on any atom is 0.412 e. The molecular formula is C16H22N2O6. The fraction of sp³-hybridized carbons (Fsp3) is 0.438. The van der Waals surface area contributed by atoms with E-state index in [1.807, 2.05) is 0 Å². The molecule has 0 aliphatic heterocycles. The lowest BCUT2D eigenvalue weighted by atomic mass is 10.1. The zero-order valence-corrected chi connectivity index (χ0v) is 14.4. The predicted molar refractivity (Wildman–Crippen MR) is 89.0 cm³/mol. The Bertz CT molecular complexity index is 649. The lowest BCUT2D eigenvalue weighted by molar-refractivity contribution is -0.131. The predicted octanol–water partition coefficient (Wildman–Crippen LogP) is 2.74. The van der Waals surface area contributed by atoms with Gasteiger partial charge in [0.15, 0.2) is 5.75 Å². The monoisotopic (exact) mass is 338 g/mol. The van der Waals surface area contributed by atoms with Gasteiger partial charge in [0, 0.05) is 6.54 Å². The number of aliphatic carboxylic acids is 1. The van der Waals surface area contributed by atoms with Crippen LogP contribution in [0.2, 0.25) is 0 Å². The van der Waals surface area contributed by atoms with Crippen LogP contribution in [0.5, 0.6) is 5.75 Å². The molecule has 24 heavy (non-hydrogen) atoms. The first-order valence-corrected chi connectivity index (χ1v) is 7.33. The number of methoxy groups -OCH3 is 1. The highest BCUT2D eigenvalue weighted by atomic mass is 16.6. The lowest BCUT2D eigenvalue weighted by Crippen LogP contribution is -2.27. The molecular weight excluding hydrogens is 316 g/mol. The fourth-order valence-corrected chi connectivity index (χ4v) is 1.96. The van der Waals surface area contributed by atoms with E-state index in [-0.39, 0.29) is 22.7 Å². The molecule has 0 unspecified atom stereocenters. The summed E-state index contributed by atoms with van der Waals surface area (Å²) in [5.74, 6) is -2.51. The molecule has 3 N–H and O–H groups in total. The molecule has 0 radical (unpaired) electrons. The minimum atomic E-state index is -1.58. The van der Waals surface area contributed by atoms with Crippen LogP contribution in [0.3, 0.4) is 0 Å². The smallest absolute Gasteiger partial charge is 0.412 e. The third kappa shape index (κ3) is 4.87. The Morgan fingerprint density at radius 1 is 1.21 bits per heavy atom. The summed E-state index contributed by atoms with van der Waals surface area (Å²) in [6, 6.07) is 2.70. The summed E-state index contributed by atoms with van der Waals surface area (Å²) in [4.78, 5) is 34.7. The van der Waals surface area contributed by atoms with Crippen molar-refractivity contribution < 1.29 is 29.0 Å². The number of nitrogens with one attached hydrogen (secondary N) is 2. The zero-order valence-electron chi connectivity index (χ0n) is 14.4. The molecule has 0 atom stereocenters. The first-order chi connectivity index (χ1) is 11.1. The molecule has 132 valence electrons. The van der Waals surface area contributed by atoms with Crippen molar-refractivity contribution in [2.45, 2.75) is 33.3 Å². The topological polar surface area (TPSA) is 114 Å². The Morgan fingerprint density at radius 3 is 2.29 bits per heavy atom. The molecule has 0 fully saturated rings. The zero-order chi connectivity index (χ0) is 18.5. The summed E-state index contributed by atoms with van der Waals surface area (Å²) in [5, 5.41) is 14.3. The molecule has 1 amide bonds. The number of carboxylic acids is 1. The van der Waals surface area contributed by atoms with Crippen LogP contribution in [0.15, 0.2) is 12.1 Å². The molecule has 1 aromatic rings. The summed E-state index contributed by atoms with van der Waals surface area (Å²) in [6.07, 6.45) is -0.694. The van der Waals surface area contributed by atoms with E-state index >= 15 is 0 Å². The van der Waals surface area contributed by atoms with Gasteiger partial charge in [-0.2, -0.15) is 0 Å². The SMILES string of the molecule is CCNc1c(C(=O)C(=O)O)ccc(NC(=O)OC(C)(C)C)c1OC. The van der Waals surface area contributed by atoms with Gasteiger partial charge in [-0.15, -0.1) is 0 Å². The molecule has 0 aromatic heterocycles. The highest BCUT2D eigenvalue weighted by Crippen LogP contribution is 2.37. The van der Waals surface area contributed by atoms with Crippen molar-refractivity contribution in [1.29, 1.82) is 0 Å². The second-order valence-electron chi connectivity index (χ2n) is 5.86. The van der Waals surface area contributed by atoms with Crippen molar-refractivity contribution in [3.63, 3.8) is 0 Å². The van der Waals surface area contributed by atoms with Gasteiger partial charge in [0.2, 0.25) is 0 Å². The van der Waals surface area contributed by atoms with Gasteiger partial charge >= 0.3 is 12.1 Å². The number of carboxylic acid groups (broad SMARTS) is 1. The molecule has 1 rings (SSSR count). The average Bonchev–Trinajstić information content (AvgIpc) is 2.45. The van der Waals surface area contributed by atoms with Crippen LogP contribution in [0.4, 0.5) is 16.2 Å². The van der Waals surface area contributed by atoms with Crippen LogP contribution in [-0.2, 0) is 9.53 Å². The van der Waals surface area contributed by atoms with Crippen molar-refractivity contribution in [3.05, 3.63) is 17.7 Å². The number of carbonyl (C=O) groups excluding carboxylic acids is 2. The average molecular weight is 338 g/mol. The van der Waals surface area contributed by atoms with Gasteiger partial charge in [0.25, 0.3) is 5.78 Å². The number of hydrogen-bond donors (Lipinski definition) is 3. The molecule has 0 heterocycles. The van der Waals surface area contributed by atoms with E-state index in [9.17, 15) is 14.4 Å². The molecule has 1 aromatic carbocycles. The van der Waals surface area contributed by atoms with Gasteiger partial charge in [0.05, 0.1) is 24.0 Å². The quantitative estimate of drug-likeness (QED) is 0.540. The number of amides is 1. The van der Waals surface area contributed by atoms with Crippen LogP contribution < -0.4 is 15.4 Å². The molecule has 0 spiro atoms. The Labute approximate surface area is 140 Å². The van der Waals surface area contributed by atoms with E-state index < -0.39 is 23.4 Å². The standard InChI is InChI=1S/C16H22N2O6/c1-6-17-11-9(12(19)14(20)21)7-8-10(13(11)23-5)18-15(22)24-16(2,3)4/h7-8,17H,6H2,1-5H3,(H,18,22)(H,20,21). The molecule has 0 saturated heterocycles. The first-order valence-electron chi connectivity index (χ1n) is 7.33. The third-order valence-corrected chi connectivity index (χ3v) is 2.79. The van der Waals surface area contributed by atoms with Gasteiger partial charge in [-0.25, -0.2) is 9.59 Å². The number of benzene rings is 1. The second-order valence-corrected chi connectivity index (χ2v) is 5.86.